The molecule has 0 unspecified atom stereocenters. The van der Waals surface area contributed by atoms with Crippen molar-refractivity contribution in [3.63, 3.8) is 0 Å². The van der Waals surface area contributed by atoms with Crippen LogP contribution in [-0.4, -0.2) is 40.4 Å². The van der Waals surface area contributed by atoms with Crippen LogP contribution in [0.1, 0.15) is 16.1 Å². The van der Waals surface area contributed by atoms with E-state index in [9.17, 15) is 4.79 Å². The zero-order valence-corrected chi connectivity index (χ0v) is 13.3. The number of amides is 1. The van der Waals surface area contributed by atoms with Gasteiger partial charge >= 0.3 is 0 Å². The van der Waals surface area contributed by atoms with Crippen molar-refractivity contribution < 1.29 is 4.79 Å². The normalized spacial score (nSPS) is 18.0. The first-order valence-corrected chi connectivity index (χ1v) is 8.47. The lowest BCUT2D eigenvalue weighted by atomic mass is 9.97. The van der Waals surface area contributed by atoms with Crippen LogP contribution < -0.4 is 4.90 Å². The average molecular weight is 314 g/mol. The Morgan fingerprint density at radius 3 is 3.05 bits per heavy atom. The highest BCUT2D eigenvalue weighted by molar-refractivity contribution is 7.10. The molecule has 1 amide bonds. The van der Waals surface area contributed by atoms with Gasteiger partial charge in [-0.15, -0.1) is 11.3 Å². The maximum Gasteiger partial charge on any atom is 0.229 e. The van der Waals surface area contributed by atoms with E-state index in [1.54, 1.807) is 17.5 Å². The van der Waals surface area contributed by atoms with Gasteiger partial charge in [0.2, 0.25) is 11.9 Å². The molecule has 2 aromatic rings. The molecule has 0 atom stereocenters. The molecule has 0 spiro atoms. The van der Waals surface area contributed by atoms with Gasteiger partial charge in [-0.3, -0.25) is 4.79 Å². The Hall–Kier alpha value is -1.95. The van der Waals surface area contributed by atoms with Gasteiger partial charge < -0.3 is 9.80 Å². The van der Waals surface area contributed by atoms with E-state index in [2.05, 4.69) is 26.3 Å². The van der Waals surface area contributed by atoms with Crippen LogP contribution in [0, 0.1) is 12.8 Å². The molecule has 0 aliphatic carbocycles. The zero-order valence-electron chi connectivity index (χ0n) is 12.5. The largest absolute Gasteiger partial charge is 0.339 e. The van der Waals surface area contributed by atoms with Gasteiger partial charge in [0.05, 0.1) is 5.92 Å². The number of hydrogen-bond donors (Lipinski definition) is 0. The molecule has 1 fully saturated rings. The van der Waals surface area contributed by atoms with E-state index >= 15 is 0 Å². The molecule has 114 valence electrons. The number of aryl methyl sites for hydroxylation is 1. The molecule has 2 aromatic heterocycles. The summed E-state index contributed by atoms with van der Waals surface area (Å²) in [5, 5.41) is 2.12. The van der Waals surface area contributed by atoms with Crippen LogP contribution in [0.3, 0.4) is 0 Å². The quantitative estimate of drug-likeness (QED) is 0.849. The van der Waals surface area contributed by atoms with Gasteiger partial charge in [-0.1, -0.05) is 0 Å². The molecular weight excluding hydrogens is 296 g/mol. The number of fused-ring (bicyclic) bond motifs is 1. The van der Waals surface area contributed by atoms with Gasteiger partial charge in [-0.25, -0.2) is 9.97 Å². The summed E-state index contributed by atoms with van der Waals surface area (Å²) < 4.78 is 0. The van der Waals surface area contributed by atoms with E-state index in [-0.39, 0.29) is 11.8 Å². The highest BCUT2D eigenvalue weighted by atomic mass is 32.1. The number of nitrogens with zero attached hydrogens (tertiary/aromatic N) is 4. The van der Waals surface area contributed by atoms with Crippen LogP contribution in [0.4, 0.5) is 5.95 Å². The number of hydrogen-bond acceptors (Lipinski definition) is 5. The first-order valence-electron chi connectivity index (χ1n) is 7.59. The fraction of sp³-hybridized carbons (Fsp3) is 0.438. The Morgan fingerprint density at radius 2 is 2.23 bits per heavy atom. The smallest absolute Gasteiger partial charge is 0.229 e. The average Bonchev–Trinajstić information content (AvgIpc) is 2.93. The summed E-state index contributed by atoms with van der Waals surface area (Å²) in [6.45, 7) is 5.04. The first kappa shape index (κ1) is 13.7. The Bertz CT molecular complexity index is 708. The van der Waals surface area contributed by atoms with E-state index in [1.807, 2.05) is 17.9 Å². The number of anilines is 1. The molecule has 2 aliphatic rings. The summed E-state index contributed by atoms with van der Waals surface area (Å²) in [4.78, 5) is 26.8. The fourth-order valence-electron chi connectivity index (χ4n) is 3.08. The number of carbonyl (C=O) groups excluding carboxylic acids is 1. The number of thiophene rings is 1. The van der Waals surface area contributed by atoms with Crippen molar-refractivity contribution in [3.05, 3.63) is 39.8 Å². The van der Waals surface area contributed by atoms with Gasteiger partial charge in [-0.05, 0) is 36.4 Å². The van der Waals surface area contributed by atoms with Crippen molar-refractivity contribution in [1.29, 1.82) is 0 Å². The third-order valence-corrected chi connectivity index (χ3v) is 5.44. The summed E-state index contributed by atoms with van der Waals surface area (Å²) in [6, 6.07) is 4.03. The lowest BCUT2D eigenvalue weighted by Crippen LogP contribution is -2.55. The fourth-order valence-corrected chi connectivity index (χ4v) is 3.97. The third kappa shape index (κ3) is 2.37. The second-order valence-corrected chi connectivity index (χ2v) is 6.98. The molecule has 0 radical (unpaired) electrons. The van der Waals surface area contributed by atoms with Gasteiger partial charge in [0, 0.05) is 42.9 Å². The number of aromatic nitrogens is 2. The number of rotatable bonds is 2. The standard InChI is InChI=1S/C16H18N4OS/c1-11-2-5-17-16(18-11)20-9-13(10-20)15(21)19-6-3-14-12(8-19)4-7-22-14/h2,4-5,7,13H,3,6,8-10H2,1H3. The molecule has 4 rings (SSSR count). The van der Waals surface area contributed by atoms with Crippen molar-refractivity contribution in [1.82, 2.24) is 14.9 Å². The Kier molecular flexibility index (Phi) is 3.33. The minimum atomic E-state index is 0.0873. The lowest BCUT2D eigenvalue weighted by Gasteiger charge is -2.41. The van der Waals surface area contributed by atoms with Crippen LogP contribution in [0.25, 0.3) is 0 Å². The molecule has 0 aromatic carbocycles. The highest BCUT2D eigenvalue weighted by Gasteiger charge is 2.37. The summed E-state index contributed by atoms with van der Waals surface area (Å²) in [5.74, 6) is 1.10. The van der Waals surface area contributed by atoms with E-state index < -0.39 is 0 Å². The molecule has 5 nitrogen and oxygen atoms in total. The van der Waals surface area contributed by atoms with Gasteiger partial charge in [0.1, 0.15) is 0 Å². The Labute approximate surface area is 133 Å². The molecule has 1 saturated heterocycles. The van der Waals surface area contributed by atoms with E-state index in [4.69, 9.17) is 0 Å². The van der Waals surface area contributed by atoms with E-state index in [0.29, 0.717) is 0 Å². The maximum atomic E-state index is 12.6. The van der Waals surface area contributed by atoms with Crippen LogP contribution in [-0.2, 0) is 17.8 Å². The molecular formula is C16H18N4OS. The third-order valence-electron chi connectivity index (χ3n) is 4.42. The predicted molar refractivity (Wildman–Crippen MR) is 85.9 cm³/mol. The van der Waals surface area contributed by atoms with Crippen molar-refractivity contribution >= 4 is 23.2 Å². The summed E-state index contributed by atoms with van der Waals surface area (Å²) in [7, 11) is 0. The highest BCUT2D eigenvalue weighted by Crippen LogP contribution is 2.28. The minimum absolute atomic E-state index is 0.0873. The second-order valence-electron chi connectivity index (χ2n) is 5.98. The molecule has 0 N–H and O–H groups in total. The van der Waals surface area contributed by atoms with Crippen LogP contribution in [0.5, 0.6) is 0 Å². The molecule has 22 heavy (non-hydrogen) atoms. The molecule has 0 saturated carbocycles. The SMILES string of the molecule is Cc1ccnc(N2CC(C(=O)N3CCc4sccc4C3)C2)n1. The van der Waals surface area contributed by atoms with Gasteiger partial charge in [0.25, 0.3) is 0 Å². The first-order chi connectivity index (χ1) is 10.7. The van der Waals surface area contributed by atoms with Gasteiger partial charge in [0.15, 0.2) is 0 Å². The van der Waals surface area contributed by atoms with Crippen LogP contribution in [0.15, 0.2) is 23.7 Å². The van der Waals surface area contributed by atoms with Crippen molar-refractivity contribution in [2.75, 3.05) is 24.5 Å². The Balaban J connectivity index is 1.38. The van der Waals surface area contributed by atoms with E-state index in [1.165, 1.54) is 10.4 Å². The van der Waals surface area contributed by atoms with Crippen molar-refractivity contribution in [2.24, 2.45) is 5.92 Å². The molecule has 6 heteroatoms. The molecule has 2 aliphatic heterocycles. The molecule has 4 heterocycles. The lowest BCUT2D eigenvalue weighted by molar-refractivity contribution is -0.137. The van der Waals surface area contributed by atoms with Crippen molar-refractivity contribution in [3.8, 4) is 0 Å². The predicted octanol–water partition coefficient (Wildman–Crippen LogP) is 1.87. The van der Waals surface area contributed by atoms with Gasteiger partial charge in [-0.2, -0.15) is 0 Å². The van der Waals surface area contributed by atoms with Crippen LogP contribution >= 0.6 is 11.3 Å². The van der Waals surface area contributed by atoms with Crippen molar-refractivity contribution in [2.45, 2.75) is 19.9 Å². The summed E-state index contributed by atoms with van der Waals surface area (Å²) in [6.07, 6.45) is 2.77. The topological polar surface area (TPSA) is 49.3 Å². The molecule has 0 bridgehead atoms. The monoisotopic (exact) mass is 314 g/mol. The Morgan fingerprint density at radius 1 is 1.36 bits per heavy atom. The van der Waals surface area contributed by atoms with Crippen LogP contribution in [0.2, 0.25) is 0 Å². The minimum Gasteiger partial charge on any atom is -0.339 e. The number of carbonyl (C=O) groups is 1. The zero-order chi connectivity index (χ0) is 15.1. The van der Waals surface area contributed by atoms with E-state index in [0.717, 1.165) is 44.2 Å². The maximum absolute atomic E-state index is 12.6. The second kappa shape index (κ2) is 5.35. The summed E-state index contributed by atoms with van der Waals surface area (Å²) >= 11 is 1.80. The summed E-state index contributed by atoms with van der Waals surface area (Å²) in [5.41, 5.74) is 2.28.